The lowest BCUT2D eigenvalue weighted by atomic mass is 10.1. The first-order valence-corrected chi connectivity index (χ1v) is 4.49. The molecule has 1 heterocycles. The van der Waals surface area contributed by atoms with Crippen molar-refractivity contribution < 1.29 is 4.74 Å². The number of hydrogen-bond donors (Lipinski definition) is 2. The van der Waals surface area contributed by atoms with Crippen LogP contribution < -0.4 is 11.5 Å². The van der Waals surface area contributed by atoms with Gasteiger partial charge in [0, 0.05) is 0 Å². The molecule has 0 aromatic heterocycles. The molecule has 2 rings (SSSR count). The van der Waals surface area contributed by atoms with E-state index < -0.39 is 0 Å². The van der Waals surface area contributed by atoms with E-state index in [2.05, 4.69) is 17.1 Å². The zero-order valence-electron chi connectivity index (χ0n) is 7.86. The quantitative estimate of drug-likeness (QED) is 0.527. The van der Waals surface area contributed by atoms with Crippen molar-refractivity contribution in [2.24, 2.45) is 16.5 Å². The summed E-state index contributed by atoms with van der Waals surface area (Å²) >= 11 is 0. The van der Waals surface area contributed by atoms with Gasteiger partial charge in [0.1, 0.15) is 0 Å². The molecular weight excluding hydrogens is 178 g/mol. The van der Waals surface area contributed by atoms with Crippen molar-refractivity contribution in [2.45, 2.75) is 19.8 Å². The predicted octanol–water partition coefficient (Wildman–Crippen LogP) is 0.490. The van der Waals surface area contributed by atoms with Crippen LogP contribution in [0.5, 0.6) is 0 Å². The van der Waals surface area contributed by atoms with E-state index in [9.17, 15) is 0 Å². The van der Waals surface area contributed by atoms with Crippen molar-refractivity contribution in [3.05, 3.63) is 34.9 Å². The smallest absolute Gasteiger partial charge is 0.186 e. The van der Waals surface area contributed by atoms with E-state index in [-0.39, 0.29) is 5.96 Å². The fourth-order valence-corrected chi connectivity index (χ4v) is 1.51. The third kappa shape index (κ3) is 1.85. The van der Waals surface area contributed by atoms with Crippen LogP contribution in [0.25, 0.3) is 0 Å². The SMILES string of the molecule is NC(N)=NCc1ccc2c(c1)COC2. The van der Waals surface area contributed by atoms with E-state index in [0.717, 1.165) is 12.2 Å². The van der Waals surface area contributed by atoms with Gasteiger partial charge in [-0.25, -0.2) is 4.99 Å². The monoisotopic (exact) mass is 191 g/mol. The Morgan fingerprint density at radius 2 is 2.07 bits per heavy atom. The van der Waals surface area contributed by atoms with Gasteiger partial charge in [-0.2, -0.15) is 0 Å². The van der Waals surface area contributed by atoms with Crippen LogP contribution in [0.3, 0.4) is 0 Å². The molecule has 0 aliphatic carbocycles. The molecule has 0 atom stereocenters. The summed E-state index contributed by atoms with van der Waals surface area (Å²) in [6.07, 6.45) is 0. The number of fused-ring (bicyclic) bond motifs is 1. The average Bonchev–Trinajstić information content (AvgIpc) is 2.61. The molecule has 1 aromatic carbocycles. The van der Waals surface area contributed by atoms with Gasteiger partial charge in [0.15, 0.2) is 5.96 Å². The summed E-state index contributed by atoms with van der Waals surface area (Å²) in [6.45, 7) is 1.96. The summed E-state index contributed by atoms with van der Waals surface area (Å²) in [6, 6.07) is 6.19. The van der Waals surface area contributed by atoms with Crippen LogP contribution >= 0.6 is 0 Å². The van der Waals surface area contributed by atoms with E-state index in [1.165, 1.54) is 11.1 Å². The molecule has 0 unspecified atom stereocenters. The normalized spacial score (nSPS) is 13.7. The summed E-state index contributed by atoms with van der Waals surface area (Å²) in [7, 11) is 0. The van der Waals surface area contributed by atoms with Gasteiger partial charge in [0.05, 0.1) is 19.8 Å². The molecule has 74 valence electrons. The first-order valence-electron chi connectivity index (χ1n) is 4.49. The second-order valence-corrected chi connectivity index (χ2v) is 3.34. The summed E-state index contributed by atoms with van der Waals surface area (Å²) in [5.74, 6) is 0.127. The third-order valence-electron chi connectivity index (χ3n) is 2.23. The standard InChI is InChI=1S/C10H13N3O/c11-10(12)13-4-7-1-2-8-5-14-6-9(8)3-7/h1-3H,4-6H2,(H4,11,12,13). The third-order valence-corrected chi connectivity index (χ3v) is 2.23. The summed E-state index contributed by atoms with van der Waals surface area (Å²) in [5.41, 5.74) is 14.1. The number of ether oxygens (including phenoxy) is 1. The summed E-state index contributed by atoms with van der Waals surface area (Å²) in [4.78, 5) is 3.95. The Morgan fingerprint density at radius 1 is 1.29 bits per heavy atom. The maximum Gasteiger partial charge on any atom is 0.186 e. The Bertz CT molecular complexity index is 370. The number of hydrogen-bond acceptors (Lipinski definition) is 2. The molecule has 1 aromatic rings. The summed E-state index contributed by atoms with van der Waals surface area (Å²) in [5, 5.41) is 0. The molecule has 0 fully saturated rings. The van der Waals surface area contributed by atoms with Crippen LogP contribution in [0.15, 0.2) is 23.2 Å². The number of guanidine groups is 1. The van der Waals surface area contributed by atoms with Crippen molar-refractivity contribution >= 4 is 5.96 Å². The van der Waals surface area contributed by atoms with Crippen molar-refractivity contribution in [1.29, 1.82) is 0 Å². The fourth-order valence-electron chi connectivity index (χ4n) is 1.51. The number of nitrogens with two attached hydrogens (primary N) is 2. The molecule has 0 saturated carbocycles. The van der Waals surface area contributed by atoms with Gasteiger partial charge < -0.3 is 16.2 Å². The van der Waals surface area contributed by atoms with E-state index in [1.54, 1.807) is 0 Å². The molecule has 4 N–H and O–H groups in total. The van der Waals surface area contributed by atoms with Gasteiger partial charge in [-0.15, -0.1) is 0 Å². The Morgan fingerprint density at radius 3 is 2.86 bits per heavy atom. The Kier molecular flexibility index (Phi) is 2.37. The molecule has 0 saturated heterocycles. The molecule has 1 aliphatic heterocycles. The van der Waals surface area contributed by atoms with Crippen molar-refractivity contribution in [3.63, 3.8) is 0 Å². The van der Waals surface area contributed by atoms with Crippen LogP contribution in [0.4, 0.5) is 0 Å². The highest BCUT2D eigenvalue weighted by Gasteiger charge is 2.10. The molecule has 14 heavy (non-hydrogen) atoms. The maximum atomic E-state index is 5.31. The van der Waals surface area contributed by atoms with Crippen LogP contribution in [-0.2, 0) is 24.5 Å². The molecule has 4 heteroatoms. The van der Waals surface area contributed by atoms with Crippen LogP contribution in [-0.4, -0.2) is 5.96 Å². The summed E-state index contributed by atoms with van der Waals surface area (Å²) < 4.78 is 5.31. The first kappa shape index (κ1) is 9.02. The second kappa shape index (κ2) is 3.67. The minimum absolute atomic E-state index is 0.127. The highest BCUT2D eigenvalue weighted by atomic mass is 16.5. The number of aliphatic imine (C=N–C) groups is 1. The van der Waals surface area contributed by atoms with E-state index in [0.29, 0.717) is 13.2 Å². The zero-order chi connectivity index (χ0) is 9.97. The molecule has 1 aliphatic rings. The van der Waals surface area contributed by atoms with E-state index in [4.69, 9.17) is 16.2 Å². The van der Waals surface area contributed by atoms with Crippen molar-refractivity contribution in [3.8, 4) is 0 Å². The fraction of sp³-hybridized carbons (Fsp3) is 0.300. The highest BCUT2D eigenvalue weighted by Crippen LogP contribution is 2.20. The average molecular weight is 191 g/mol. The van der Waals surface area contributed by atoms with Gasteiger partial charge in [-0.1, -0.05) is 18.2 Å². The lowest BCUT2D eigenvalue weighted by molar-refractivity contribution is 0.134. The topological polar surface area (TPSA) is 73.6 Å². The predicted molar refractivity (Wildman–Crippen MR) is 54.4 cm³/mol. The zero-order valence-corrected chi connectivity index (χ0v) is 7.86. The second-order valence-electron chi connectivity index (χ2n) is 3.34. The molecule has 4 nitrogen and oxygen atoms in total. The maximum absolute atomic E-state index is 5.31. The van der Waals surface area contributed by atoms with Gasteiger partial charge in [0.25, 0.3) is 0 Å². The molecular formula is C10H13N3O. The van der Waals surface area contributed by atoms with Crippen molar-refractivity contribution in [1.82, 2.24) is 0 Å². The number of rotatable bonds is 2. The largest absolute Gasteiger partial charge is 0.372 e. The number of nitrogens with zero attached hydrogens (tertiary/aromatic N) is 1. The molecule has 0 amide bonds. The molecule has 0 spiro atoms. The minimum atomic E-state index is 0.127. The Labute approximate surface area is 82.6 Å². The van der Waals surface area contributed by atoms with Gasteiger partial charge in [-0.05, 0) is 16.7 Å². The minimum Gasteiger partial charge on any atom is -0.372 e. The van der Waals surface area contributed by atoms with Crippen LogP contribution in [0, 0.1) is 0 Å². The molecule has 0 bridgehead atoms. The van der Waals surface area contributed by atoms with Gasteiger partial charge >= 0.3 is 0 Å². The van der Waals surface area contributed by atoms with Crippen LogP contribution in [0.1, 0.15) is 16.7 Å². The lowest BCUT2D eigenvalue weighted by Gasteiger charge is -2.00. The van der Waals surface area contributed by atoms with Gasteiger partial charge in [-0.3, -0.25) is 0 Å². The van der Waals surface area contributed by atoms with E-state index in [1.807, 2.05) is 6.07 Å². The molecule has 0 radical (unpaired) electrons. The lowest BCUT2D eigenvalue weighted by Crippen LogP contribution is -2.22. The van der Waals surface area contributed by atoms with Crippen LogP contribution in [0.2, 0.25) is 0 Å². The number of benzene rings is 1. The van der Waals surface area contributed by atoms with E-state index >= 15 is 0 Å². The first-order chi connectivity index (χ1) is 6.75. The Balaban J connectivity index is 2.17. The van der Waals surface area contributed by atoms with Crippen molar-refractivity contribution in [2.75, 3.05) is 0 Å². The highest BCUT2D eigenvalue weighted by molar-refractivity contribution is 5.75. The van der Waals surface area contributed by atoms with Gasteiger partial charge in [0.2, 0.25) is 0 Å². The Hall–Kier alpha value is -1.55.